The second kappa shape index (κ2) is 7.95. The number of likely N-dealkylation sites (tertiary alicyclic amines) is 1. The molecule has 1 aliphatic rings. The minimum atomic E-state index is -0.0421. The summed E-state index contributed by atoms with van der Waals surface area (Å²) < 4.78 is 1.68. The van der Waals surface area contributed by atoms with Gasteiger partial charge in [0.25, 0.3) is 5.56 Å². The van der Waals surface area contributed by atoms with Gasteiger partial charge in [-0.05, 0) is 56.0 Å². The number of carbonyl (C=O) groups is 1. The lowest BCUT2D eigenvalue weighted by Crippen LogP contribution is -2.43. The second-order valence-electron chi connectivity index (χ2n) is 7.38. The summed E-state index contributed by atoms with van der Waals surface area (Å²) in [6, 6.07) is 12.2. The Hall–Kier alpha value is -2.34. The molecular formula is C22H25N3O2S. The Kier molecular flexibility index (Phi) is 5.40. The van der Waals surface area contributed by atoms with Crippen LogP contribution in [0, 0.1) is 0 Å². The Morgan fingerprint density at radius 1 is 1.21 bits per heavy atom. The third-order valence-corrected chi connectivity index (χ3v) is 6.51. The number of hydrogen-bond acceptors (Lipinski definition) is 4. The van der Waals surface area contributed by atoms with Crippen LogP contribution in [0.1, 0.15) is 33.1 Å². The van der Waals surface area contributed by atoms with Gasteiger partial charge in [0.1, 0.15) is 0 Å². The van der Waals surface area contributed by atoms with E-state index in [1.807, 2.05) is 48.2 Å². The number of fused-ring (bicyclic) bond motifs is 2. The quantitative estimate of drug-likeness (QED) is 0.380. The van der Waals surface area contributed by atoms with Gasteiger partial charge < -0.3 is 4.90 Å². The molecule has 146 valence electrons. The van der Waals surface area contributed by atoms with E-state index in [4.69, 9.17) is 4.98 Å². The van der Waals surface area contributed by atoms with E-state index in [0.717, 1.165) is 30.2 Å². The van der Waals surface area contributed by atoms with Gasteiger partial charge in [0.15, 0.2) is 5.16 Å². The van der Waals surface area contributed by atoms with E-state index in [-0.39, 0.29) is 11.5 Å². The van der Waals surface area contributed by atoms with Crippen molar-refractivity contribution in [2.45, 2.75) is 50.9 Å². The number of rotatable bonds is 4. The molecule has 0 radical (unpaired) electrons. The van der Waals surface area contributed by atoms with Gasteiger partial charge in [-0.1, -0.05) is 36.0 Å². The number of nitrogens with zero attached hydrogens (tertiary/aromatic N) is 3. The number of hydrogen-bond donors (Lipinski definition) is 0. The zero-order valence-electron chi connectivity index (χ0n) is 16.4. The fourth-order valence-electron chi connectivity index (χ4n) is 3.95. The molecule has 1 aromatic heterocycles. The molecule has 1 atom stereocenters. The Labute approximate surface area is 168 Å². The largest absolute Gasteiger partial charge is 0.339 e. The number of amides is 1. The Morgan fingerprint density at radius 2 is 1.96 bits per heavy atom. The molecule has 0 N–H and O–H groups in total. The molecule has 2 heterocycles. The van der Waals surface area contributed by atoms with E-state index in [9.17, 15) is 9.59 Å². The van der Waals surface area contributed by atoms with Crippen molar-refractivity contribution in [2.75, 3.05) is 12.3 Å². The number of benzene rings is 2. The van der Waals surface area contributed by atoms with Crippen molar-refractivity contribution in [1.29, 1.82) is 0 Å². The van der Waals surface area contributed by atoms with Crippen LogP contribution in [-0.2, 0) is 11.3 Å². The van der Waals surface area contributed by atoms with Crippen molar-refractivity contribution in [1.82, 2.24) is 14.5 Å². The molecule has 0 spiro atoms. The molecule has 1 aliphatic heterocycles. The van der Waals surface area contributed by atoms with Crippen LogP contribution >= 0.6 is 11.8 Å². The highest BCUT2D eigenvalue weighted by molar-refractivity contribution is 7.99. The summed E-state index contributed by atoms with van der Waals surface area (Å²) in [6.45, 7) is 5.42. The van der Waals surface area contributed by atoms with Crippen LogP contribution in [0.2, 0.25) is 0 Å². The maximum absolute atomic E-state index is 13.0. The fraction of sp³-hybridized carbons (Fsp3) is 0.409. The average molecular weight is 396 g/mol. The van der Waals surface area contributed by atoms with Crippen molar-refractivity contribution in [2.24, 2.45) is 0 Å². The summed E-state index contributed by atoms with van der Waals surface area (Å²) in [5.74, 6) is 0.447. The topological polar surface area (TPSA) is 55.2 Å². The SMILES string of the molecule is CCn1c(SCC(=O)N2CCCCC2C)nc2cc3ccccc3cc2c1=O. The van der Waals surface area contributed by atoms with E-state index >= 15 is 0 Å². The van der Waals surface area contributed by atoms with Crippen LogP contribution < -0.4 is 5.56 Å². The molecule has 0 saturated carbocycles. The number of thioether (sulfide) groups is 1. The molecule has 2 aromatic carbocycles. The average Bonchev–Trinajstić information content (AvgIpc) is 2.71. The molecule has 1 amide bonds. The first kappa shape index (κ1) is 19.0. The van der Waals surface area contributed by atoms with Crippen LogP contribution in [-0.4, -0.2) is 38.7 Å². The van der Waals surface area contributed by atoms with Gasteiger partial charge in [-0.25, -0.2) is 4.98 Å². The monoisotopic (exact) mass is 395 g/mol. The van der Waals surface area contributed by atoms with Crippen LogP contribution in [0.25, 0.3) is 21.7 Å². The zero-order chi connectivity index (χ0) is 19.7. The highest BCUT2D eigenvalue weighted by Gasteiger charge is 2.23. The molecule has 0 aliphatic carbocycles. The minimum absolute atomic E-state index is 0.0421. The third kappa shape index (κ3) is 3.53. The van der Waals surface area contributed by atoms with E-state index < -0.39 is 0 Å². The first-order valence-corrected chi connectivity index (χ1v) is 10.9. The molecule has 1 fully saturated rings. The van der Waals surface area contributed by atoms with Gasteiger partial charge in [0, 0.05) is 19.1 Å². The third-order valence-electron chi connectivity index (χ3n) is 5.55. The standard InChI is InChI=1S/C22H25N3O2S/c1-3-24-21(27)18-12-16-9-4-5-10-17(16)13-19(18)23-22(24)28-14-20(26)25-11-7-6-8-15(25)2/h4-5,9-10,12-13,15H,3,6-8,11,14H2,1-2H3. The molecule has 28 heavy (non-hydrogen) atoms. The predicted octanol–water partition coefficient (Wildman–Crippen LogP) is 4.06. The summed E-state index contributed by atoms with van der Waals surface area (Å²) in [4.78, 5) is 32.5. The lowest BCUT2D eigenvalue weighted by Gasteiger charge is -2.33. The molecule has 1 unspecified atom stereocenters. The lowest BCUT2D eigenvalue weighted by molar-refractivity contribution is -0.131. The smallest absolute Gasteiger partial charge is 0.262 e. The molecule has 3 aromatic rings. The lowest BCUT2D eigenvalue weighted by atomic mass is 10.0. The first-order chi connectivity index (χ1) is 13.6. The van der Waals surface area contributed by atoms with Gasteiger partial charge in [-0.3, -0.25) is 14.2 Å². The molecule has 5 nitrogen and oxygen atoms in total. The van der Waals surface area contributed by atoms with E-state index in [1.54, 1.807) is 4.57 Å². The van der Waals surface area contributed by atoms with Crippen LogP contribution in [0.15, 0.2) is 46.3 Å². The molecule has 1 saturated heterocycles. The highest BCUT2D eigenvalue weighted by Crippen LogP contribution is 2.24. The zero-order valence-corrected chi connectivity index (χ0v) is 17.2. The van der Waals surface area contributed by atoms with Gasteiger partial charge in [-0.2, -0.15) is 0 Å². The van der Waals surface area contributed by atoms with Crippen LogP contribution in [0.4, 0.5) is 0 Å². The van der Waals surface area contributed by atoms with E-state index in [0.29, 0.717) is 34.4 Å². The number of carbonyl (C=O) groups excluding carboxylic acids is 1. The summed E-state index contributed by atoms with van der Waals surface area (Å²) in [7, 11) is 0. The van der Waals surface area contributed by atoms with Crippen molar-refractivity contribution >= 4 is 39.3 Å². The van der Waals surface area contributed by atoms with Gasteiger partial charge in [0.05, 0.1) is 16.7 Å². The van der Waals surface area contributed by atoms with Crippen molar-refractivity contribution in [3.8, 4) is 0 Å². The fourth-order valence-corrected chi connectivity index (χ4v) is 4.90. The normalized spacial score (nSPS) is 17.4. The maximum Gasteiger partial charge on any atom is 0.262 e. The summed E-state index contributed by atoms with van der Waals surface area (Å²) in [5, 5.41) is 3.34. The molecule has 6 heteroatoms. The van der Waals surface area contributed by atoms with Crippen molar-refractivity contribution in [3.63, 3.8) is 0 Å². The molecule has 0 bridgehead atoms. The van der Waals surface area contributed by atoms with Crippen LogP contribution in [0.5, 0.6) is 0 Å². The van der Waals surface area contributed by atoms with Crippen molar-refractivity contribution < 1.29 is 4.79 Å². The minimum Gasteiger partial charge on any atom is -0.339 e. The Morgan fingerprint density at radius 3 is 2.68 bits per heavy atom. The second-order valence-corrected chi connectivity index (χ2v) is 8.32. The van der Waals surface area contributed by atoms with Gasteiger partial charge in [0.2, 0.25) is 5.91 Å². The molecule has 4 rings (SSSR count). The van der Waals surface area contributed by atoms with E-state index in [2.05, 4.69) is 6.92 Å². The summed E-state index contributed by atoms with van der Waals surface area (Å²) in [6.07, 6.45) is 3.33. The van der Waals surface area contributed by atoms with Crippen LogP contribution in [0.3, 0.4) is 0 Å². The molecular weight excluding hydrogens is 370 g/mol. The number of piperidine rings is 1. The maximum atomic E-state index is 13.0. The summed E-state index contributed by atoms with van der Waals surface area (Å²) >= 11 is 1.37. The van der Waals surface area contributed by atoms with Gasteiger partial charge >= 0.3 is 0 Å². The van der Waals surface area contributed by atoms with Gasteiger partial charge in [-0.15, -0.1) is 0 Å². The number of aromatic nitrogens is 2. The van der Waals surface area contributed by atoms with Crippen molar-refractivity contribution in [3.05, 3.63) is 46.8 Å². The Balaban J connectivity index is 1.67. The first-order valence-electron chi connectivity index (χ1n) is 9.94. The Bertz CT molecular complexity index is 1090. The van der Waals surface area contributed by atoms with E-state index in [1.165, 1.54) is 18.2 Å². The highest BCUT2D eigenvalue weighted by atomic mass is 32.2. The summed E-state index contributed by atoms with van der Waals surface area (Å²) in [5.41, 5.74) is 0.647. The predicted molar refractivity (Wildman–Crippen MR) is 115 cm³/mol.